The highest BCUT2D eigenvalue weighted by molar-refractivity contribution is 6.33. The number of ether oxygens (including phenoxy) is 1. The van der Waals surface area contributed by atoms with Crippen LogP contribution in [0.25, 0.3) is 0 Å². The number of aromatic nitrogens is 1. The number of pyridine rings is 1. The molecule has 19 heavy (non-hydrogen) atoms. The van der Waals surface area contributed by atoms with Crippen LogP contribution in [0.4, 0.5) is 11.5 Å². The van der Waals surface area contributed by atoms with E-state index >= 15 is 0 Å². The summed E-state index contributed by atoms with van der Waals surface area (Å²) in [5, 5.41) is 13.9. The third kappa shape index (κ3) is 5.00. The zero-order valence-electron chi connectivity index (χ0n) is 11.3. The van der Waals surface area contributed by atoms with E-state index in [1.807, 2.05) is 0 Å². The second-order valence-corrected chi connectivity index (χ2v) is 5.45. The number of methoxy groups -OCH3 is 1. The minimum atomic E-state index is -0.523. The van der Waals surface area contributed by atoms with Crippen LogP contribution < -0.4 is 5.32 Å². The molecule has 1 N–H and O–H groups in total. The largest absolute Gasteiger partial charge is 0.385 e. The van der Waals surface area contributed by atoms with Crippen molar-refractivity contribution in [3.63, 3.8) is 0 Å². The van der Waals surface area contributed by atoms with Crippen LogP contribution in [0.1, 0.15) is 20.3 Å². The highest BCUT2D eigenvalue weighted by Crippen LogP contribution is 2.26. The molecule has 106 valence electrons. The number of anilines is 1. The van der Waals surface area contributed by atoms with E-state index in [1.54, 1.807) is 7.11 Å². The van der Waals surface area contributed by atoms with Gasteiger partial charge in [-0.1, -0.05) is 25.4 Å². The summed E-state index contributed by atoms with van der Waals surface area (Å²) in [6, 6.07) is 1.29. The van der Waals surface area contributed by atoms with Gasteiger partial charge in [0, 0.05) is 26.3 Å². The third-order valence-electron chi connectivity index (χ3n) is 2.75. The minimum Gasteiger partial charge on any atom is -0.385 e. The maximum atomic E-state index is 10.6. The molecule has 1 heterocycles. The maximum absolute atomic E-state index is 10.6. The summed E-state index contributed by atoms with van der Waals surface area (Å²) in [6.45, 7) is 5.52. The molecule has 1 aromatic heterocycles. The number of nitrogens with zero attached hydrogens (tertiary/aromatic N) is 2. The SMILES string of the molecule is COCCC(C)(C)CNc1ncc([N+](=O)[O-])cc1Cl. The fraction of sp³-hybridized carbons (Fsp3) is 0.583. The summed E-state index contributed by atoms with van der Waals surface area (Å²) in [7, 11) is 1.66. The highest BCUT2D eigenvalue weighted by atomic mass is 35.5. The number of hydrogen-bond donors (Lipinski definition) is 1. The molecule has 0 aliphatic carbocycles. The normalized spacial score (nSPS) is 11.4. The van der Waals surface area contributed by atoms with Crippen molar-refractivity contribution < 1.29 is 9.66 Å². The van der Waals surface area contributed by atoms with Gasteiger partial charge in [-0.15, -0.1) is 0 Å². The monoisotopic (exact) mass is 287 g/mol. The average Bonchev–Trinajstić information content (AvgIpc) is 2.35. The predicted octanol–water partition coefficient (Wildman–Crippen LogP) is 3.12. The van der Waals surface area contributed by atoms with Crippen molar-refractivity contribution in [3.8, 4) is 0 Å². The lowest BCUT2D eigenvalue weighted by molar-refractivity contribution is -0.385. The standard InChI is InChI=1S/C12H18ClN3O3/c1-12(2,4-5-19-3)8-15-11-10(13)6-9(7-14-11)16(17)18/h6-7H,4-5,8H2,1-3H3,(H,14,15). The molecule has 1 aromatic rings. The summed E-state index contributed by atoms with van der Waals surface area (Å²) in [4.78, 5) is 14.0. The Kier molecular flexibility index (Phi) is 5.50. The molecule has 0 aromatic carbocycles. The van der Waals surface area contributed by atoms with Crippen molar-refractivity contribution in [2.45, 2.75) is 20.3 Å². The zero-order chi connectivity index (χ0) is 14.5. The molecule has 0 amide bonds. The zero-order valence-corrected chi connectivity index (χ0v) is 12.0. The van der Waals surface area contributed by atoms with Crippen LogP contribution >= 0.6 is 11.6 Å². The van der Waals surface area contributed by atoms with Crippen LogP contribution in [0.5, 0.6) is 0 Å². The number of hydrogen-bond acceptors (Lipinski definition) is 5. The maximum Gasteiger partial charge on any atom is 0.289 e. The van der Waals surface area contributed by atoms with Crippen molar-refractivity contribution in [2.75, 3.05) is 25.6 Å². The Hall–Kier alpha value is -1.40. The third-order valence-corrected chi connectivity index (χ3v) is 3.04. The first kappa shape index (κ1) is 15.7. The van der Waals surface area contributed by atoms with E-state index in [2.05, 4.69) is 24.1 Å². The Morgan fingerprint density at radius 1 is 1.58 bits per heavy atom. The highest BCUT2D eigenvalue weighted by Gasteiger charge is 2.18. The van der Waals surface area contributed by atoms with Crippen molar-refractivity contribution in [1.29, 1.82) is 0 Å². The smallest absolute Gasteiger partial charge is 0.289 e. The van der Waals surface area contributed by atoms with E-state index < -0.39 is 4.92 Å². The first-order valence-corrected chi connectivity index (χ1v) is 6.26. The summed E-state index contributed by atoms with van der Waals surface area (Å²) >= 11 is 5.95. The summed E-state index contributed by atoms with van der Waals surface area (Å²) in [5.74, 6) is 0.456. The summed E-state index contributed by atoms with van der Waals surface area (Å²) in [5.41, 5.74) is -0.0998. The van der Waals surface area contributed by atoms with Crippen LogP contribution in [-0.4, -0.2) is 30.2 Å². The average molecular weight is 288 g/mol. The summed E-state index contributed by atoms with van der Waals surface area (Å²) < 4.78 is 5.05. The van der Waals surface area contributed by atoms with E-state index in [0.29, 0.717) is 19.0 Å². The van der Waals surface area contributed by atoms with Gasteiger partial charge in [-0.2, -0.15) is 0 Å². The van der Waals surface area contributed by atoms with Gasteiger partial charge in [0.1, 0.15) is 12.0 Å². The molecule has 0 saturated heterocycles. The minimum absolute atomic E-state index is 0.0167. The van der Waals surface area contributed by atoms with E-state index in [-0.39, 0.29) is 16.1 Å². The number of nitro groups is 1. The first-order chi connectivity index (χ1) is 8.85. The van der Waals surface area contributed by atoms with Gasteiger partial charge in [-0.25, -0.2) is 4.98 Å². The molecule has 0 atom stereocenters. The van der Waals surface area contributed by atoms with Crippen LogP contribution in [-0.2, 0) is 4.74 Å². The summed E-state index contributed by atoms with van der Waals surface area (Å²) in [6.07, 6.45) is 2.08. The second-order valence-electron chi connectivity index (χ2n) is 5.04. The van der Waals surface area contributed by atoms with Crippen LogP contribution in [0.2, 0.25) is 5.02 Å². The number of nitrogens with one attached hydrogen (secondary N) is 1. The van der Waals surface area contributed by atoms with Gasteiger partial charge in [0.05, 0.1) is 9.95 Å². The van der Waals surface area contributed by atoms with Crippen molar-refractivity contribution in [2.24, 2.45) is 5.41 Å². The van der Waals surface area contributed by atoms with Crippen molar-refractivity contribution in [1.82, 2.24) is 4.98 Å². The first-order valence-electron chi connectivity index (χ1n) is 5.88. The van der Waals surface area contributed by atoms with Crippen molar-refractivity contribution >= 4 is 23.1 Å². The molecule has 1 rings (SSSR count). The van der Waals surface area contributed by atoms with Crippen LogP contribution in [0.15, 0.2) is 12.3 Å². The predicted molar refractivity (Wildman–Crippen MR) is 74.7 cm³/mol. The van der Waals surface area contributed by atoms with Gasteiger partial charge in [0.25, 0.3) is 5.69 Å². The Balaban J connectivity index is 2.65. The Labute approximate surface area is 117 Å². The van der Waals surface area contributed by atoms with Gasteiger partial charge in [0.15, 0.2) is 0 Å². The Bertz CT molecular complexity index is 452. The van der Waals surface area contributed by atoms with Gasteiger partial charge in [-0.3, -0.25) is 10.1 Å². The molecule has 0 unspecified atom stereocenters. The fourth-order valence-electron chi connectivity index (χ4n) is 1.45. The van der Waals surface area contributed by atoms with Crippen molar-refractivity contribution in [3.05, 3.63) is 27.4 Å². The topological polar surface area (TPSA) is 77.3 Å². The number of halogens is 1. The van der Waals surface area contributed by atoms with E-state index in [4.69, 9.17) is 16.3 Å². The quantitative estimate of drug-likeness (QED) is 0.616. The van der Waals surface area contributed by atoms with Gasteiger partial charge < -0.3 is 10.1 Å². The molecule has 0 saturated carbocycles. The Morgan fingerprint density at radius 3 is 2.79 bits per heavy atom. The van der Waals surface area contributed by atoms with Crippen LogP contribution in [0, 0.1) is 15.5 Å². The van der Waals surface area contributed by atoms with Crippen LogP contribution in [0.3, 0.4) is 0 Å². The molecule has 0 bridgehead atoms. The second kappa shape index (κ2) is 6.68. The lowest BCUT2D eigenvalue weighted by atomic mass is 9.90. The molecule has 0 aliphatic rings. The molecule has 6 nitrogen and oxygen atoms in total. The van der Waals surface area contributed by atoms with Gasteiger partial charge in [0.2, 0.25) is 0 Å². The van der Waals surface area contributed by atoms with Gasteiger partial charge in [-0.05, 0) is 11.8 Å². The Morgan fingerprint density at radius 2 is 2.26 bits per heavy atom. The van der Waals surface area contributed by atoms with Gasteiger partial charge >= 0.3 is 0 Å². The molecular weight excluding hydrogens is 270 g/mol. The van der Waals surface area contributed by atoms with E-state index in [9.17, 15) is 10.1 Å². The molecule has 0 fully saturated rings. The van der Waals surface area contributed by atoms with E-state index in [1.165, 1.54) is 12.3 Å². The molecular formula is C12H18ClN3O3. The molecule has 7 heteroatoms. The molecule has 0 aliphatic heterocycles. The molecule has 0 radical (unpaired) electrons. The molecule has 0 spiro atoms. The lowest BCUT2D eigenvalue weighted by Crippen LogP contribution is -2.25. The fourth-order valence-corrected chi connectivity index (χ4v) is 1.67. The lowest BCUT2D eigenvalue weighted by Gasteiger charge is -2.25. The van der Waals surface area contributed by atoms with E-state index in [0.717, 1.165) is 6.42 Å². The number of rotatable bonds is 7.